The van der Waals surface area contributed by atoms with Crippen LogP contribution in [0.25, 0.3) is 0 Å². The fraction of sp³-hybridized carbons (Fsp3) is 0.524. The number of aromatic carboxylic acids is 1. The molecule has 0 fully saturated rings. The number of unbranched alkanes of at least 4 members (excludes halogenated alkanes) is 6. The molecular weight excluding hydrogens is 312 g/mol. The minimum atomic E-state index is -1.13. The van der Waals surface area contributed by atoms with Crippen molar-refractivity contribution in [3.63, 3.8) is 0 Å². The van der Waals surface area contributed by atoms with Gasteiger partial charge in [-0.2, -0.15) is 0 Å². The Labute approximate surface area is 151 Å². The second-order valence-electron chi connectivity index (χ2n) is 6.81. The Hall–Kier alpha value is -2.10. The highest BCUT2D eigenvalue weighted by atomic mass is 16.4. The first-order valence-corrected chi connectivity index (χ1v) is 9.45. The zero-order valence-electron chi connectivity index (χ0n) is 15.5. The van der Waals surface area contributed by atoms with Crippen molar-refractivity contribution >= 4 is 5.97 Å². The van der Waals surface area contributed by atoms with Crippen molar-refractivity contribution in [1.29, 1.82) is 0 Å². The lowest BCUT2D eigenvalue weighted by Crippen LogP contribution is -2.32. The number of aromatic nitrogens is 2. The molecule has 1 heterocycles. The highest BCUT2D eigenvalue weighted by molar-refractivity contribution is 5.85. The van der Waals surface area contributed by atoms with Crippen LogP contribution in [0, 0.1) is 0 Å². The molecule has 0 aliphatic carbocycles. The minimum absolute atomic E-state index is 0.227. The third-order valence-corrected chi connectivity index (χ3v) is 4.76. The zero-order chi connectivity index (χ0) is 18.1. The second-order valence-corrected chi connectivity index (χ2v) is 6.81. The summed E-state index contributed by atoms with van der Waals surface area (Å²) in [5, 5.41) is 10.8. The van der Waals surface area contributed by atoms with Crippen LogP contribution in [-0.2, 0) is 20.0 Å². The summed E-state index contributed by atoms with van der Waals surface area (Å²) in [7, 11) is 2.09. The molecular formula is C21H30N2O2. The van der Waals surface area contributed by atoms with E-state index in [0.29, 0.717) is 0 Å². The van der Waals surface area contributed by atoms with Gasteiger partial charge >= 0.3 is 0 Å². The smallest absolute Gasteiger partial charge is 0.256 e. The molecule has 0 N–H and O–H groups in total. The van der Waals surface area contributed by atoms with Crippen LogP contribution >= 0.6 is 0 Å². The molecule has 0 saturated carbocycles. The number of rotatable bonds is 11. The van der Waals surface area contributed by atoms with E-state index >= 15 is 0 Å². The summed E-state index contributed by atoms with van der Waals surface area (Å²) in [6.45, 7) is 3.01. The normalized spacial score (nSPS) is 11.0. The third-order valence-electron chi connectivity index (χ3n) is 4.76. The molecule has 2 aromatic rings. The number of hydrogen-bond donors (Lipinski definition) is 0. The summed E-state index contributed by atoms with van der Waals surface area (Å²) in [5.41, 5.74) is 1.33. The summed E-state index contributed by atoms with van der Waals surface area (Å²) >= 11 is 0. The van der Waals surface area contributed by atoms with Crippen LogP contribution in [0.4, 0.5) is 0 Å². The number of benzene rings is 1. The molecule has 1 aromatic carbocycles. The van der Waals surface area contributed by atoms with Gasteiger partial charge < -0.3 is 9.90 Å². The van der Waals surface area contributed by atoms with Gasteiger partial charge in [-0.3, -0.25) is 0 Å². The third kappa shape index (κ3) is 6.04. The molecule has 0 saturated heterocycles. The number of aryl methyl sites for hydroxylation is 1. The number of hydrogen-bond acceptors (Lipinski definition) is 2. The van der Waals surface area contributed by atoms with E-state index in [2.05, 4.69) is 35.5 Å². The fourth-order valence-corrected chi connectivity index (χ4v) is 3.20. The van der Waals surface area contributed by atoms with E-state index in [0.717, 1.165) is 18.5 Å². The quantitative estimate of drug-likeness (QED) is 0.465. The molecule has 136 valence electrons. The molecule has 2 rings (SSSR count). The first-order chi connectivity index (χ1) is 12.1. The van der Waals surface area contributed by atoms with Crippen molar-refractivity contribution in [2.24, 2.45) is 7.05 Å². The van der Waals surface area contributed by atoms with Gasteiger partial charge in [-0.15, -0.1) is 0 Å². The van der Waals surface area contributed by atoms with Crippen molar-refractivity contribution in [2.45, 2.75) is 64.8 Å². The highest BCUT2D eigenvalue weighted by Gasteiger charge is 2.14. The number of imidazole rings is 1. The van der Waals surface area contributed by atoms with Crippen LogP contribution in [0.3, 0.4) is 0 Å². The topological polar surface area (TPSA) is 48.9 Å². The van der Waals surface area contributed by atoms with E-state index < -0.39 is 5.97 Å². The largest absolute Gasteiger partial charge is 0.545 e. The van der Waals surface area contributed by atoms with Gasteiger partial charge in [-0.1, -0.05) is 69.7 Å². The van der Waals surface area contributed by atoms with E-state index in [1.165, 1.54) is 50.8 Å². The Balaban J connectivity index is 1.86. The predicted molar refractivity (Wildman–Crippen MR) is 97.2 cm³/mol. The maximum absolute atomic E-state index is 10.8. The summed E-state index contributed by atoms with van der Waals surface area (Å²) in [5.74, 6) is 0.191. The van der Waals surface area contributed by atoms with Crippen molar-refractivity contribution < 1.29 is 14.5 Å². The van der Waals surface area contributed by atoms with Gasteiger partial charge in [-0.05, 0) is 17.5 Å². The van der Waals surface area contributed by atoms with E-state index in [1.807, 2.05) is 12.1 Å². The molecule has 0 aliphatic rings. The van der Waals surface area contributed by atoms with Crippen molar-refractivity contribution in [2.75, 3.05) is 0 Å². The Morgan fingerprint density at radius 2 is 1.68 bits per heavy atom. The first kappa shape index (κ1) is 19.2. The van der Waals surface area contributed by atoms with Gasteiger partial charge in [0.2, 0.25) is 0 Å². The van der Waals surface area contributed by atoms with Crippen LogP contribution in [0.1, 0.15) is 73.6 Å². The van der Waals surface area contributed by atoms with Crippen LogP contribution < -0.4 is 9.67 Å². The number of carboxylic acid groups (broad SMARTS) is 1. The molecule has 4 nitrogen and oxygen atoms in total. The molecule has 0 aliphatic heterocycles. The number of nitrogens with zero attached hydrogens (tertiary/aromatic N) is 2. The Bertz CT molecular complexity index is 659. The lowest BCUT2D eigenvalue weighted by atomic mass is 10.1. The van der Waals surface area contributed by atoms with E-state index in [-0.39, 0.29) is 5.56 Å². The van der Waals surface area contributed by atoms with Crippen LogP contribution in [0.15, 0.2) is 36.7 Å². The SMILES string of the molecule is CCCCCCCCCc1n(Cc2ccc(C(=O)[O-])cc2)cc[n+]1C. The van der Waals surface area contributed by atoms with Gasteiger partial charge in [0.25, 0.3) is 5.82 Å². The predicted octanol–water partition coefficient (Wildman–Crippen LogP) is 3.02. The monoisotopic (exact) mass is 342 g/mol. The molecule has 0 spiro atoms. The van der Waals surface area contributed by atoms with Crippen molar-refractivity contribution in [1.82, 2.24) is 4.57 Å². The highest BCUT2D eigenvalue weighted by Crippen LogP contribution is 2.11. The zero-order valence-corrected chi connectivity index (χ0v) is 15.5. The van der Waals surface area contributed by atoms with Crippen LogP contribution in [0.2, 0.25) is 0 Å². The average molecular weight is 342 g/mol. The average Bonchev–Trinajstić information content (AvgIpc) is 2.94. The summed E-state index contributed by atoms with van der Waals surface area (Å²) in [6, 6.07) is 6.96. The van der Waals surface area contributed by atoms with Crippen LogP contribution in [-0.4, -0.2) is 10.5 Å². The molecule has 25 heavy (non-hydrogen) atoms. The minimum Gasteiger partial charge on any atom is -0.545 e. The molecule has 0 radical (unpaired) electrons. The first-order valence-electron chi connectivity index (χ1n) is 9.45. The summed E-state index contributed by atoms with van der Waals surface area (Å²) in [6.07, 6.45) is 14.5. The van der Waals surface area contributed by atoms with Crippen LogP contribution in [0.5, 0.6) is 0 Å². The Kier molecular flexibility index (Phi) is 7.71. The van der Waals surface area contributed by atoms with Gasteiger partial charge in [0.05, 0.1) is 13.0 Å². The van der Waals surface area contributed by atoms with Crippen molar-refractivity contribution in [3.05, 3.63) is 53.6 Å². The lowest BCUT2D eigenvalue weighted by molar-refractivity contribution is -0.678. The number of carbonyl (C=O) groups is 1. The Morgan fingerprint density at radius 1 is 1.04 bits per heavy atom. The molecule has 0 amide bonds. The summed E-state index contributed by atoms with van der Waals surface area (Å²) < 4.78 is 4.44. The van der Waals surface area contributed by atoms with E-state index in [4.69, 9.17) is 0 Å². The summed E-state index contributed by atoms with van der Waals surface area (Å²) in [4.78, 5) is 10.8. The van der Waals surface area contributed by atoms with Crippen molar-refractivity contribution in [3.8, 4) is 0 Å². The second kappa shape index (κ2) is 10.0. The van der Waals surface area contributed by atoms with E-state index in [9.17, 15) is 9.90 Å². The fourth-order valence-electron chi connectivity index (χ4n) is 3.20. The maximum Gasteiger partial charge on any atom is 0.256 e. The van der Waals surface area contributed by atoms with Gasteiger partial charge in [0.15, 0.2) is 0 Å². The van der Waals surface area contributed by atoms with Gasteiger partial charge in [0.1, 0.15) is 18.9 Å². The standard InChI is InChI=1S/C21H30N2O2/c1-3-4-5-6-7-8-9-10-20-22(2)15-16-23(20)17-18-11-13-19(14-12-18)21(24)25/h11-16H,3-10,17H2,1-2H3. The van der Waals surface area contributed by atoms with E-state index in [1.54, 1.807) is 12.1 Å². The number of carboxylic acids is 1. The van der Waals surface area contributed by atoms with Gasteiger partial charge in [0, 0.05) is 6.42 Å². The van der Waals surface area contributed by atoms with Gasteiger partial charge in [-0.25, -0.2) is 9.13 Å². The molecule has 0 unspecified atom stereocenters. The number of carbonyl (C=O) groups excluding carboxylic acids is 1. The lowest BCUT2D eigenvalue weighted by Gasteiger charge is -2.06. The molecule has 4 heteroatoms. The molecule has 0 atom stereocenters. The molecule has 1 aromatic heterocycles. The maximum atomic E-state index is 10.8. The molecule has 0 bridgehead atoms. The Morgan fingerprint density at radius 3 is 2.32 bits per heavy atom.